The van der Waals surface area contributed by atoms with Crippen LogP contribution in [0.4, 0.5) is 5.69 Å². The van der Waals surface area contributed by atoms with Crippen molar-refractivity contribution in [1.29, 1.82) is 0 Å². The maximum absolute atomic E-state index is 10.6. The first-order valence-corrected chi connectivity index (χ1v) is 8.62. The van der Waals surface area contributed by atoms with E-state index in [0.717, 1.165) is 57.1 Å². The average Bonchev–Trinajstić information content (AvgIpc) is 2.55. The maximum atomic E-state index is 10.6. The number of para-hydroxylation sites is 2. The fraction of sp³-hybridized carbons (Fsp3) is 0.611. The summed E-state index contributed by atoms with van der Waals surface area (Å²) >= 11 is 0. The highest BCUT2D eigenvalue weighted by atomic mass is 16.5. The van der Waals surface area contributed by atoms with E-state index in [1.54, 1.807) is 0 Å². The van der Waals surface area contributed by atoms with Crippen LogP contribution in [-0.2, 0) is 4.79 Å². The van der Waals surface area contributed by atoms with Crippen molar-refractivity contribution >= 4 is 11.7 Å². The fourth-order valence-electron chi connectivity index (χ4n) is 2.84. The molecule has 0 spiro atoms. The van der Waals surface area contributed by atoms with Gasteiger partial charge >= 0.3 is 5.97 Å². The number of benzene rings is 1. The maximum Gasteiger partial charge on any atom is 0.303 e. The second-order valence-corrected chi connectivity index (χ2v) is 6.45. The summed E-state index contributed by atoms with van der Waals surface area (Å²) in [7, 11) is 4.08. The van der Waals surface area contributed by atoms with Gasteiger partial charge in [-0.1, -0.05) is 12.1 Å². The summed E-state index contributed by atoms with van der Waals surface area (Å²) < 4.78 is 5.96. The number of anilines is 1. The van der Waals surface area contributed by atoms with Gasteiger partial charge in [-0.3, -0.25) is 9.69 Å². The number of nitrogens with zero attached hydrogens (tertiary/aromatic N) is 3. The summed E-state index contributed by atoms with van der Waals surface area (Å²) in [5, 5.41) is 8.73. The number of ether oxygens (including phenoxy) is 1. The SMILES string of the molecule is CN(C)CCOc1ccccc1N1CCN(CCCC(=O)O)CC1. The summed E-state index contributed by atoms with van der Waals surface area (Å²) in [6.07, 6.45) is 0.975. The highest BCUT2D eigenvalue weighted by Crippen LogP contribution is 2.28. The number of carboxylic acids is 1. The van der Waals surface area contributed by atoms with Gasteiger partial charge in [0.15, 0.2) is 0 Å². The number of rotatable bonds is 9. The largest absolute Gasteiger partial charge is 0.490 e. The number of piperazine rings is 1. The molecule has 0 atom stereocenters. The zero-order valence-corrected chi connectivity index (χ0v) is 14.8. The van der Waals surface area contributed by atoms with E-state index in [0.29, 0.717) is 6.61 Å². The first-order valence-electron chi connectivity index (χ1n) is 8.62. The van der Waals surface area contributed by atoms with Gasteiger partial charge in [-0.05, 0) is 39.2 Å². The standard InChI is InChI=1S/C18H29N3O3/c1-19(2)14-15-24-17-7-4-3-6-16(17)21-12-10-20(11-13-21)9-5-8-18(22)23/h3-4,6-7H,5,8-15H2,1-2H3,(H,22,23). The Morgan fingerprint density at radius 3 is 2.58 bits per heavy atom. The van der Waals surface area contributed by atoms with Crippen LogP contribution < -0.4 is 9.64 Å². The van der Waals surface area contributed by atoms with Crippen molar-refractivity contribution in [3.8, 4) is 5.75 Å². The highest BCUT2D eigenvalue weighted by molar-refractivity contribution is 5.66. The van der Waals surface area contributed by atoms with Crippen molar-refractivity contribution in [2.45, 2.75) is 12.8 Å². The Balaban J connectivity index is 1.84. The van der Waals surface area contributed by atoms with E-state index in [2.05, 4.69) is 20.8 Å². The molecule has 0 aromatic heterocycles. The van der Waals surface area contributed by atoms with Gasteiger partial charge in [-0.2, -0.15) is 0 Å². The lowest BCUT2D eigenvalue weighted by atomic mass is 10.2. The predicted molar refractivity (Wildman–Crippen MR) is 96.0 cm³/mol. The van der Waals surface area contributed by atoms with E-state index in [1.807, 2.05) is 32.3 Å². The van der Waals surface area contributed by atoms with Gasteiger partial charge in [-0.15, -0.1) is 0 Å². The molecule has 1 aliphatic heterocycles. The molecule has 1 aliphatic rings. The van der Waals surface area contributed by atoms with E-state index in [1.165, 1.54) is 0 Å². The minimum atomic E-state index is -0.711. The molecule has 6 nitrogen and oxygen atoms in total. The summed E-state index contributed by atoms with van der Waals surface area (Å²) in [5.74, 6) is 0.233. The molecule has 0 unspecified atom stereocenters. The molecule has 0 saturated carbocycles. The molecule has 0 aliphatic carbocycles. The second kappa shape index (κ2) is 9.49. The Morgan fingerprint density at radius 1 is 1.21 bits per heavy atom. The van der Waals surface area contributed by atoms with Crippen molar-refractivity contribution < 1.29 is 14.6 Å². The van der Waals surface area contributed by atoms with Gasteiger partial charge in [0.2, 0.25) is 0 Å². The number of hydrogen-bond acceptors (Lipinski definition) is 5. The van der Waals surface area contributed by atoms with Crippen molar-refractivity contribution in [3.63, 3.8) is 0 Å². The molecule has 0 amide bonds. The molecule has 2 rings (SSSR count). The van der Waals surface area contributed by atoms with Crippen LogP contribution in [0.15, 0.2) is 24.3 Å². The number of likely N-dealkylation sites (N-methyl/N-ethyl adjacent to an activating group) is 1. The Kier molecular flexibility index (Phi) is 7.34. The highest BCUT2D eigenvalue weighted by Gasteiger charge is 2.19. The normalized spacial score (nSPS) is 15.7. The molecule has 1 heterocycles. The molecule has 0 radical (unpaired) electrons. The van der Waals surface area contributed by atoms with Crippen LogP contribution in [0.1, 0.15) is 12.8 Å². The quantitative estimate of drug-likeness (QED) is 0.740. The van der Waals surface area contributed by atoms with Crippen LogP contribution in [-0.4, -0.2) is 80.8 Å². The summed E-state index contributed by atoms with van der Waals surface area (Å²) in [5.41, 5.74) is 1.15. The summed E-state index contributed by atoms with van der Waals surface area (Å²) in [6.45, 7) is 6.26. The minimum absolute atomic E-state index is 0.253. The van der Waals surface area contributed by atoms with Gasteiger partial charge in [0.05, 0.1) is 5.69 Å². The van der Waals surface area contributed by atoms with Gasteiger partial charge in [0.25, 0.3) is 0 Å². The lowest BCUT2D eigenvalue weighted by molar-refractivity contribution is -0.137. The van der Waals surface area contributed by atoms with E-state index >= 15 is 0 Å². The van der Waals surface area contributed by atoms with Gasteiger partial charge in [0, 0.05) is 39.1 Å². The zero-order chi connectivity index (χ0) is 17.4. The second-order valence-electron chi connectivity index (χ2n) is 6.45. The van der Waals surface area contributed by atoms with Crippen molar-refractivity contribution in [3.05, 3.63) is 24.3 Å². The molecule has 1 aromatic rings. The Labute approximate surface area is 144 Å². The molecule has 1 N–H and O–H groups in total. The zero-order valence-electron chi connectivity index (χ0n) is 14.8. The molecule has 1 saturated heterocycles. The smallest absolute Gasteiger partial charge is 0.303 e. The van der Waals surface area contributed by atoms with Gasteiger partial charge in [0.1, 0.15) is 12.4 Å². The third-order valence-corrected chi connectivity index (χ3v) is 4.24. The molecular weight excluding hydrogens is 306 g/mol. The molecule has 24 heavy (non-hydrogen) atoms. The number of hydrogen-bond donors (Lipinski definition) is 1. The first-order chi connectivity index (χ1) is 11.6. The van der Waals surface area contributed by atoms with Crippen LogP contribution in [0.5, 0.6) is 5.75 Å². The van der Waals surface area contributed by atoms with Gasteiger partial charge < -0.3 is 19.6 Å². The molecule has 0 bridgehead atoms. The topological polar surface area (TPSA) is 56.2 Å². The molecular formula is C18H29N3O3. The Bertz CT molecular complexity index is 514. The third kappa shape index (κ3) is 6.02. The first kappa shape index (κ1) is 18.5. The van der Waals surface area contributed by atoms with Crippen molar-refractivity contribution in [1.82, 2.24) is 9.80 Å². The molecule has 1 fully saturated rings. The monoisotopic (exact) mass is 335 g/mol. The molecule has 1 aromatic carbocycles. The van der Waals surface area contributed by atoms with E-state index < -0.39 is 5.97 Å². The number of carbonyl (C=O) groups is 1. The number of aliphatic carboxylic acids is 1. The van der Waals surface area contributed by atoms with Gasteiger partial charge in [-0.25, -0.2) is 0 Å². The minimum Gasteiger partial charge on any atom is -0.490 e. The van der Waals surface area contributed by atoms with Crippen LogP contribution >= 0.6 is 0 Å². The van der Waals surface area contributed by atoms with Crippen LogP contribution in [0.3, 0.4) is 0 Å². The third-order valence-electron chi connectivity index (χ3n) is 4.24. The van der Waals surface area contributed by atoms with Crippen LogP contribution in [0.25, 0.3) is 0 Å². The fourth-order valence-corrected chi connectivity index (χ4v) is 2.84. The Hall–Kier alpha value is -1.79. The van der Waals surface area contributed by atoms with Crippen molar-refractivity contribution in [2.75, 3.05) is 64.9 Å². The lowest BCUT2D eigenvalue weighted by Crippen LogP contribution is -2.46. The average molecular weight is 335 g/mol. The predicted octanol–water partition coefficient (Wildman–Crippen LogP) is 1.61. The van der Waals surface area contributed by atoms with E-state index in [4.69, 9.17) is 9.84 Å². The lowest BCUT2D eigenvalue weighted by Gasteiger charge is -2.36. The summed E-state index contributed by atoms with van der Waals surface area (Å²) in [4.78, 5) is 17.4. The molecule has 6 heteroatoms. The summed E-state index contributed by atoms with van der Waals surface area (Å²) in [6, 6.07) is 8.21. The Morgan fingerprint density at radius 2 is 1.92 bits per heavy atom. The van der Waals surface area contributed by atoms with E-state index in [-0.39, 0.29) is 6.42 Å². The van der Waals surface area contributed by atoms with Crippen LogP contribution in [0, 0.1) is 0 Å². The van der Waals surface area contributed by atoms with E-state index in [9.17, 15) is 4.79 Å². The molecule has 134 valence electrons. The van der Waals surface area contributed by atoms with Crippen molar-refractivity contribution in [2.24, 2.45) is 0 Å². The number of carboxylic acid groups (broad SMARTS) is 1. The van der Waals surface area contributed by atoms with Crippen LogP contribution in [0.2, 0.25) is 0 Å².